The maximum Gasteiger partial charge on any atom is 0.416 e. The molecule has 156 valence electrons. The number of morpholine rings is 1. The number of hydrogen-bond donors (Lipinski definition) is 2. The van der Waals surface area contributed by atoms with E-state index >= 15 is 0 Å². The fraction of sp³-hybridized carbons (Fsp3) is 0.650. The molecule has 1 aromatic carbocycles. The number of aliphatic imine (C=N–C) groups is 1. The number of rotatable bonds is 4. The predicted octanol–water partition coefficient (Wildman–Crippen LogP) is 3.54. The van der Waals surface area contributed by atoms with Crippen LogP contribution in [0.4, 0.5) is 18.9 Å². The van der Waals surface area contributed by atoms with Crippen LogP contribution in [0.25, 0.3) is 0 Å². The van der Waals surface area contributed by atoms with Gasteiger partial charge in [-0.1, -0.05) is 25.3 Å². The molecular formula is C20H29F3N4O. The minimum absolute atomic E-state index is 0.0740. The zero-order valence-electron chi connectivity index (χ0n) is 16.3. The molecule has 1 saturated heterocycles. The third-order valence-corrected chi connectivity index (χ3v) is 5.39. The third kappa shape index (κ3) is 5.53. The van der Waals surface area contributed by atoms with E-state index in [4.69, 9.17) is 4.74 Å². The number of hydrogen-bond acceptors (Lipinski definition) is 3. The fourth-order valence-corrected chi connectivity index (χ4v) is 3.81. The van der Waals surface area contributed by atoms with Crippen molar-refractivity contribution in [2.45, 2.75) is 50.9 Å². The highest BCUT2D eigenvalue weighted by Crippen LogP contribution is 2.35. The minimum atomic E-state index is -4.40. The zero-order valence-corrected chi connectivity index (χ0v) is 16.3. The van der Waals surface area contributed by atoms with Gasteiger partial charge in [-0.15, -0.1) is 0 Å². The van der Waals surface area contributed by atoms with Gasteiger partial charge >= 0.3 is 6.18 Å². The number of halogens is 3. The second kappa shape index (κ2) is 9.49. The SMILES string of the molecule is CN=C(NCc1ccc(N2CCOCC2)cc1C(F)(F)F)NC1CCCCC1. The first-order valence-corrected chi connectivity index (χ1v) is 9.97. The van der Waals surface area contributed by atoms with Crippen molar-refractivity contribution in [3.05, 3.63) is 29.3 Å². The summed E-state index contributed by atoms with van der Waals surface area (Å²) in [5.74, 6) is 0.553. The topological polar surface area (TPSA) is 48.9 Å². The molecule has 2 aliphatic rings. The molecule has 0 radical (unpaired) electrons. The van der Waals surface area contributed by atoms with Crippen LogP contribution >= 0.6 is 0 Å². The second-order valence-corrected chi connectivity index (χ2v) is 7.34. The summed E-state index contributed by atoms with van der Waals surface area (Å²) in [5.41, 5.74) is 0.206. The first kappa shape index (κ1) is 20.8. The van der Waals surface area contributed by atoms with Gasteiger partial charge in [0.15, 0.2) is 5.96 Å². The van der Waals surface area contributed by atoms with Crippen molar-refractivity contribution in [1.29, 1.82) is 0 Å². The van der Waals surface area contributed by atoms with Crippen molar-refractivity contribution in [2.75, 3.05) is 38.3 Å². The molecule has 1 heterocycles. The fourth-order valence-electron chi connectivity index (χ4n) is 3.81. The molecule has 1 aliphatic heterocycles. The van der Waals surface area contributed by atoms with Gasteiger partial charge in [0.1, 0.15) is 0 Å². The molecule has 3 rings (SSSR count). The summed E-state index contributed by atoms with van der Waals surface area (Å²) in [6.45, 7) is 2.35. The lowest BCUT2D eigenvalue weighted by molar-refractivity contribution is -0.138. The van der Waals surface area contributed by atoms with E-state index < -0.39 is 11.7 Å². The summed E-state index contributed by atoms with van der Waals surface area (Å²) in [4.78, 5) is 6.10. The molecule has 0 amide bonds. The van der Waals surface area contributed by atoms with Crippen LogP contribution in [0.1, 0.15) is 43.2 Å². The Bertz CT molecular complexity index is 666. The van der Waals surface area contributed by atoms with Gasteiger partial charge < -0.3 is 20.3 Å². The summed E-state index contributed by atoms with van der Waals surface area (Å²) in [5, 5.41) is 6.38. The number of guanidine groups is 1. The number of nitrogens with zero attached hydrogens (tertiary/aromatic N) is 2. The van der Waals surface area contributed by atoms with E-state index in [0.29, 0.717) is 44.0 Å². The van der Waals surface area contributed by atoms with Gasteiger partial charge in [-0.05, 0) is 30.5 Å². The third-order valence-electron chi connectivity index (χ3n) is 5.39. The molecular weight excluding hydrogens is 369 g/mol. The van der Waals surface area contributed by atoms with Crippen LogP contribution in [0, 0.1) is 0 Å². The van der Waals surface area contributed by atoms with E-state index in [-0.39, 0.29) is 12.1 Å². The van der Waals surface area contributed by atoms with Crippen molar-refractivity contribution in [1.82, 2.24) is 10.6 Å². The zero-order chi connectivity index (χ0) is 20.0. The standard InChI is InChI=1S/C20H29F3N4O/c1-24-19(26-16-5-3-2-4-6-16)25-14-15-7-8-17(13-18(15)20(21,22)23)27-9-11-28-12-10-27/h7-8,13,16H,2-6,9-12,14H2,1H3,(H2,24,25,26). The monoisotopic (exact) mass is 398 g/mol. The molecule has 2 fully saturated rings. The van der Waals surface area contributed by atoms with E-state index in [1.807, 2.05) is 4.90 Å². The van der Waals surface area contributed by atoms with Crippen LogP contribution in [-0.2, 0) is 17.5 Å². The summed E-state index contributed by atoms with van der Waals surface area (Å²) >= 11 is 0. The minimum Gasteiger partial charge on any atom is -0.378 e. The van der Waals surface area contributed by atoms with Crippen LogP contribution in [-0.4, -0.2) is 45.4 Å². The molecule has 2 N–H and O–H groups in total. The lowest BCUT2D eigenvalue weighted by atomic mass is 9.96. The Morgan fingerprint density at radius 1 is 1.18 bits per heavy atom. The highest BCUT2D eigenvalue weighted by Gasteiger charge is 2.34. The Balaban J connectivity index is 1.69. The van der Waals surface area contributed by atoms with Crippen molar-refractivity contribution >= 4 is 11.6 Å². The summed E-state index contributed by atoms with van der Waals surface area (Å²) in [6.07, 6.45) is 1.34. The Hall–Kier alpha value is -1.96. The molecule has 5 nitrogen and oxygen atoms in total. The van der Waals surface area contributed by atoms with Gasteiger partial charge in [-0.3, -0.25) is 4.99 Å². The largest absolute Gasteiger partial charge is 0.416 e. The van der Waals surface area contributed by atoms with Gasteiger partial charge in [-0.2, -0.15) is 13.2 Å². The van der Waals surface area contributed by atoms with Crippen LogP contribution in [0.3, 0.4) is 0 Å². The molecule has 0 aromatic heterocycles. The van der Waals surface area contributed by atoms with Crippen molar-refractivity contribution in [2.24, 2.45) is 4.99 Å². The number of nitrogens with one attached hydrogen (secondary N) is 2. The number of anilines is 1. The van der Waals surface area contributed by atoms with Crippen LogP contribution < -0.4 is 15.5 Å². The average Bonchev–Trinajstić information content (AvgIpc) is 2.71. The normalized spacial score (nSPS) is 19.6. The van der Waals surface area contributed by atoms with Gasteiger partial charge in [-0.25, -0.2) is 0 Å². The Morgan fingerprint density at radius 2 is 1.89 bits per heavy atom. The van der Waals surface area contributed by atoms with E-state index in [1.165, 1.54) is 25.3 Å². The first-order valence-electron chi connectivity index (χ1n) is 9.97. The molecule has 28 heavy (non-hydrogen) atoms. The smallest absolute Gasteiger partial charge is 0.378 e. The number of alkyl halides is 3. The van der Waals surface area contributed by atoms with E-state index in [9.17, 15) is 13.2 Å². The van der Waals surface area contributed by atoms with Crippen molar-refractivity contribution in [3.8, 4) is 0 Å². The van der Waals surface area contributed by atoms with Gasteiger partial charge in [0.25, 0.3) is 0 Å². The lowest BCUT2D eigenvalue weighted by Crippen LogP contribution is -2.44. The maximum absolute atomic E-state index is 13.7. The van der Waals surface area contributed by atoms with Crippen molar-refractivity contribution in [3.63, 3.8) is 0 Å². The molecule has 0 spiro atoms. The van der Waals surface area contributed by atoms with Gasteiger partial charge in [0, 0.05) is 38.4 Å². The summed E-state index contributed by atoms with van der Waals surface area (Å²) in [7, 11) is 1.64. The van der Waals surface area contributed by atoms with Crippen LogP contribution in [0.15, 0.2) is 23.2 Å². The number of benzene rings is 1. The Labute approximate surface area is 164 Å². The molecule has 8 heteroatoms. The molecule has 0 unspecified atom stereocenters. The highest BCUT2D eigenvalue weighted by molar-refractivity contribution is 5.80. The van der Waals surface area contributed by atoms with Gasteiger partial charge in [0.2, 0.25) is 0 Å². The molecule has 1 aromatic rings. The molecule has 0 bridgehead atoms. The second-order valence-electron chi connectivity index (χ2n) is 7.34. The summed E-state index contributed by atoms with van der Waals surface area (Å²) < 4.78 is 46.3. The van der Waals surface area contributed by atoms with E-state index in [1.54, 1.807) is 19.2 Å². The average molecular weight is 398 g/mol. The first-order chi connectivity index (χ1) is 13.5. The molecule has 1 aliphatic carbocycles. The van der Waals surface area contributed by atoms with Crippen LogP contribution in [0.2, 0.25) is 0 Å². The number of ether oxygens (including phenoxy) is 1. The Kier molecular flexibility index (Phi) is 7.04. The van der Waals surface area contributed by atoms with E-state index in [2.05, 4.69) is 15.6 Å². The van der Waals surface area contributed by atoms with Crippen LogP contribution in [0.5, 0.6) is 0 Å². The highest BCUT2D eigenvalue weighted by atomic mass is 19.4. The van der Waals surface area contributed by atoms with Gasteiger partial charge in [0.05, 0.1) is 18.8 Å². The predicted molar refractivity (Wildman–Crippen MR) is 105 cm³/mol. The molecule has 0 atom stereocenters. The van der Waals surface area contributed by atoms with Crippen molar-refractivity contribution < 1.29 is 17.9 Å². The molecule has 1 saturated carbocycles. The van der Waals surface area contributed by atoms with E-state index in [0.717, 1.165) is 12.8 Å². The maximum atomic E-state index is 13.7. The Morgan fingerprint density at radius 3 is 2.54 bits per heavy atom. The lowest BCUT2D eigenvalue weighted by Gasteiger charge is -2.30. The quantitative estimate of drug-likeness (QED) is 0.602. The summed E-state index contributed by atoms with van der Waals surface area (Å²) in [6, 6.07) is 4.91.